The first-order valence-electron chi connectivity index (χ1n) is 5.89. The maximum Gasteiger partial charge on any atom is 0.124 e. The molecule has 0 amide bonds. The molecule has 0 fully saturated rings. The highest BCUT2D eigenvalue weighted by atomic mass is 16.3. The van der Waals surface area contributed by atoms with Crippen molar-refractivity contribution in [3.63, 3.8) is 0 Å². The molecule has 1 unspecified atom stereocenters. The van der Waals surface area contributed by atoms with Gasteiger partial charge in [-0.25, -0.2) is 0 Å². The molecule has 0 radical (unpaired) electrons. The first-order chi connectivity index (χ1) is 8.66. The minimum Gasteiger partial charge on any atom is -0.508 e. The van der Waals surface area contributed by atoms with Crippen LogP contribution in [0.1, 0.15) is 18.5 Å². The molecule has 1 atom stereocenters. The fourth-order valence-electron chi connectivity index (χ4n) is 1.84. The van der Waals surface area contributed by atoms with E-state index < -0.39 is 0 Å². The van der Waals surface area contributed by atoms with Gasteiger partial charge in [0.25, 0.3) is 0 Å². The Morgan fingerprint density at radius 3 is 2.89 bits per heavy atom. The Morgan fingerprint density at radius 2 is 2.22 bits per heavy atom. The molecule has 1 aromatic heterocycles. The van der Waals surface area contributed by atoms with Gasteiger partial charge in [-0.1, -0.05) is 6.07 Å². The molecule has 18 heavy (non-hydrogen) atoms. The Kier molecular flexibility index (Phi) is 3.84. The van der Waals surface area contributed by atoms with Crippen LogP contribution in [0.25, 0.3) is 0 Å². The molecule has 96 valence electrons. The Bertz CT molecular complexity index is 497. The molecule has 0 aliphatic carbocycles. The summed E-state index contributed by atoms with van der Waals surface area (Å²) < 4.78 is 1.84. The Balaban J connectivity index is 1.89. The van der Waals surface area contributed by atoms with E-state index in [9.17, 15) is 10.2 Å². The number of nitrogens with one attached hydrogen (secondary N) is 1. The highest BCUT2D eigenvalue weighted by Crippen LogP contribution is 2.27. The van der Waals surface area contributed by atoms with Crippen LogP contribution >= 0.6 is 0 Å². The number of phenols is 2. The van der Waals surface area contributed by atoms with Crippen LogP contribution in [0.2, 0.25) is 0 Å². The fourth-order valence-corrected chi connectivity index (χ4v) is 1.84. The summed E-state index contributed by atoms with van der Waals surface area (Å²) in [5, 5.41) is 26.4. The number of aromatic nitrogens is 2. The van der Waals surface area contributed by atoms with Gasteiger partial charge in [0.1, 0.15) is 11.5 Å². The third-order valence-corrected chi connectivity index (χ3v) is 2.83. The Morgan fingerprint density at radius 1 is 1.39 bits per heavy atom. The van der Waals surface area contributed by atoms with E-state index in [1.54, 1.807) is 18.3 Å². The monoisotopic (exact) mass is 247 g/mol. The maximum absolute atomic E-state index is 9.73. The minimum absolute atomic E-state index is 0.0150. The van der Waals surface area contributed by atoms with E-state index in [0.717, 1.165) is 18.7 Å². The van der Waals surface area contributed by atoms with Gasteiger partial charge >= 0.3 is 0 Å². The zero-order chi connectivity index (χ0) is 13.0. The van der Waals surface area contributed by atoms with E-state index in [4.69, 9.17) is 0 Å². The van der Waals surface area contributed by atoms with Crippen LogP contribution in [0.15, 0.2) is 36.7 Å². The summed E-state index contributed by atoms with van der Waals surface area (Å²) >= 11 is 0. The van der Waals surface area contributed by atoms with E-state index in [2.05, 4.69) is 10.4 Å². The molecule has 5 nitrogen and oxygen atoms in total. The highest BCUT2D eigenvalue weighted by molar-refractivity contribution is 5.40. The van der Waals surface area contributed by atoms with Gasteiger partial charge in [0.2, 0.25) is 0 Å². The van der Waals surface area contributed by atoms with E-state index in [1.165, 1.54) is 6.07 Å². The number of nitrogens with zero attached hydrogens (tertiary/aromatic N) is 2. The molecule has 0 aliphatic rings. The van der Waals surface area contributed by atoms with Crippen LogP contribution in [0.4, 0.5) is 0 Å². The number of hydrogen-bond donors (Lipinski definition) is 3. The molecule has 0 saturated carbocycles. The van der Waals surface area contributed by atoms with Crippen molar-refractivity contribution in [2.45, 2.75) is 19.5 Å². The summed E-state index contributed by atoms with van der Waals surface area (Å²) in [6.45, 7) is 3.49. The van der Waals surface area contributed by atoms with Crippen LogP contribution in [0.5, 0.6) is 11.5 Å². The van der Waals surface area contributed by atoms with E-state index in [0.29, 0.717) is 0 Å². The van der Waals surface area contributed by atoms with E-state index in [-0.39, 0.29) is 17.5 Å². The van der Waals surface area contributed by atoms with Crippen LogP contribution in [0, 0.1) is 0 Å². The smallest absolute Gasteiger partial charge is 0.124 e. The summed E-state index contributed by atoms with van der Waals surface area (Å²) in [4.78, 5) is 0. The molecule has 0 spiro atoms. The number of rotatable bonds is 5. The molecule has 0 aliphatic heterocycles. The predicted octanol–water partition coefficient (Wildman–Crippen LogP) is 1.65. The third-order valence-electron chi connectivity index (χ3n) is 2.83. The zero-order valence-corrected chi connectivity index (χ0v) is 10.2. The van der Waals surface area contributed by atoms with Gasteiger partial charge in [0.05, 0.1) is 6.54 Å². The van der Waals surface area contributed by atoms with Gasteiger partial charge in [0, 0.05) is 36.6 Å². The summed E-state index contributed by atoms with van der Waals surface area (Å²) in [6, 6.07) is 6.54. The second-order valence-electron chi connectivity index (χ2n) is 4.19. The molecule has 0 bridgehead atoms. The molecular formula is C13H17N3O2. The van der Waals surface area contributed by atoms with Gasteiger partial charge < -0.3 is 15.5 Å². The fraction of sp³-hybridized carbons (Fsp3) is 0.308. The van der Waals surface area contributed by atoms with Crippen molar-refractivity contribution in [1.82, 2.24) is 15.1 Å². The topological polar surface area (TPSA) is 70.3 Å². The van der Waals surface area contributed by atoms with Gasteiger partial charge in [-0.05, 0) is 19.1 Å². The van der Waals surface area contributed by atoms with Crippen molar-refractivity contribution in [2.75, 3.05) is 6.54 Å². The summed E-state index contributed by atoms with van der Waals surface area (Å²) in [5.41, 5.74) is 0.772. The Labute approximate surface area is 106 Å². The first-order valence-corrected chi connectivity index (χ1v) is 5.89. The van der Waals surface area contributed by atoms with E-state index in [1.807, 2.05) is 23.9 Å². The SMILES string of the molecule is CC(NCCn1cccn1)c1ccc(O)cc1O. The van der Waals surface area contributed by atoms with Crippen molar-refractivity contribution in [3.8, 4) is 11.5 Å². The van der Waals surface area contributed by atoms with Gasteiger partial charge in [-0.15, -0.1) is 0 Å². The van der Waals surface area contributed by atoms with Crippen LogP contribution in [-0.4, -0.2) is 26.5 Å². The lowest BCUT2D eigenvalue weighted by Crippen LogP contribution is -2.23. The lowest BCUT2D eigenvalue weighted by Gasteiger charge is -2.15. The van der Waals surface area contributed by atoms with Crippen molar-refractivity contribution >= 4 is 0 Å². The predicted molar refractivity (Wildman–Crippen MR) is 68.4 cm³/mol. The molecular weight excluding hydrogens is 230 g/mol. The summed E-state index contributed by atoms with van der Waals surface area (Å²) in [7, 11) is 0. The molecule has 2 aromatic rings. The molecule has 3 N–H and O–H groups in total. The van der Waals surface area contributed by atoms with Crippen molar-refractivity contribution in [2.24, 2.45) is 0 Å². The third kappa shape index (κ3) is 3.01. The molecule has 0 saturated heterocycles. The minimum atomic E-state index is 0.0150. The maximum atomic E-state index is 9.73. The first kappa shape index (κ1) is 12.4. The Hall–Kier alpha value is -2.01. The lowest BCUT2D eigenvalue weighted by molar-refractivity contribution is 0.433. The largest absolute Gasteiger partial charge is 0.508 e. The van der Waals surface area contributed by atoms with Gasteiger partial charge in [-0.2, -0.15) is 5.10 Å². The molecule has 1 heterocycles. The standard InChI is InChI=1S/C13H17N3O2/c1-10(12-4-3-11(17)9-13(12)18)14-6-8-16-7-2-5-15-16/h2-5,7,9-10,14,17-18H,6,8H2,1H3. The van der Waals surface area contributed by atoms with Crippen LogP contribution in [-0.2, 0) is 6.54 Å². The molecule has 5 heteroatoms. The number of aromatic hydroxyl groups is 2. The quantitative estimate of drug-likeness (QED) is 0.751. The van der Waals surface area contributed by atoms with Crippen molar-refractivity contribution in [1.29, 1.82) is 0 Å². The highest BCUT2D eigenvalue weighted by Gasteiger charge is 2.10. The summed E-state index contributed by atoms with van der Waals surface area (Å²) in [6.07, 6.45) is 3.65. The molecule has 1 aromatic carbocycles. The number of phenolic OH excluding ortho intramolecular Hbond substituents is 2. The second-order valence-corrected chi connectivity index (χ2v) is 4.19. The van der Waals surface area contributed by atoms with Crippen molar-refractivity contribution in [3.05, 3.63) is 42.2 Å². The van der Waals surface area contributed by atoms with E-state index >= 15 is 0 Å². The zero-order valence-electron chi connectivity index (χ0n) is 10.2. The average molecular weight is 247 g/mol. The second kappa shape index (κ2) is 5.55. The summed E-state index contributed by atoms with van der Waals surface area (Å²) in [5.74, 6) is 0.175. The van der Waals surface area contributed by atoms with Crippen LogP contribution in [0.3, 0.4) is 0 Å². The number of benzene rings is 1. The normalized spacial score (nSPS) is 12.5. The molecule has 2 rings (SSSR count). The number of hydrogen-bond acceptors (Lipinski definition) is 4. The van der Waals surface area contributed by atoms with Crippen molar-refractivity contribution < 1.29 is 10.2 Å². The van der Waals surface area contributed by atoms with Gasteiger partial charge in [-0.3, -0.25) is 4.68 Å². The van der Waals surface area contributed by atoms with Crippen LogP contribution < -0.4 is 5.32 Å². The van der Waals surface area contributed by atoms with Gasteiger partial charge in [0.15, 0.2) is 0 Å². The average Bonchev–Trinajstić information content (AvgIpc) is 2.81. The lowest BCUT2D eigenvalue weighted by atomic mass is 10.1.